The largest absolute Gasteiger partial charge is 0.350 e. The number of hydrogen-bond donors (Lipinski definition) is 2. The highest BCUT2D eigenvalue weighted by atomic mass is 16.1. The Morgan fingerprint density at radius 2 is 2.29 bits per heavy atom. The lowest BCUT2D eigenvalue weighted by Gasteiger charge is -2.13. The van der Waals surface area contributed by atoms with Crippen molar-refractivity contribution in [3.63, 3.8) is 0 Å². The fourth-order valence-electron chi connectivity index (χ4n) is 1.38. The first-order valence-electron chi connectivity index (χ1n) is 4.69. The van der Waals surface area contributed by atoms with Gasteiger partial charge in [-0.25, -0.2) is 0 Å². The average molecular weight is 192 g/mol. The molecule has 0 heterocycles. The van der Waals surface area contributed by atoms with Gasteiger partial charge in [-0.05, 0) is 18.1 Å². The summed E-state index contributed by atoms with van der Waals surface area (Å²) in [6.45, 7) is 4.00. The van der Waals surface area contributed by atoms with Crippen molar-refractivity contribution in [1.29, 1.82) is 0 Å². The highest BCUT2D eigenvalue weighted by Gasteiger charge is 2.05. The van der Waals surface area contributed by atoms with Crippen LogP contribution in [0.4, 0.5) is 0 Å². The normalized spacial score (nSPS) is 12.2. The van der Waals surface area contributed by atoms with Crippen LogP contribution in [0.1, 0.15) is 31.0 Å². The molecule has 1 rings (SSSR count). The minimum absolute atomic E-state index is 0.0179. The Labute approximate surface area is 84.3 Å². The quantitative estimate of drug-likeness (QED) is 0.759. The fourth-order valence-corrected chi connectivity index (χ4v) is 1.38. The van der Waals surface area contributed by atoms with Gasteiger partial charge >= 0.3 is 0 Å². The lowest BCUT2D eigenvalue weighted by Crippen LogP contribution is -2.23. The van der Waals surface area contributed by atoms with Gasteiger partial charge in [0.15, 0.2) is 0 Å². The second-order valence-corrected chi connectivity index (χ2v) is 3.37. The van der Waals surface area contributed by atoms with Crippen molar-refractivity contribution in [2.45, 2.75) is 26.4 Å². The van der Waals surface area contributed by atoms with E-state index in [2.05, 4.69) is 5.32 Å². The topological polar surface area (TPSA) is 55.1 Å². The number of nitrogens with one attached hydrogen (secondary N) is 1. The monoisotopic (exact) mass is 192 g/mol. The van der Waals surface area contributed by atoms with Crippen LogP contribution in [-0.2, 0) is 11.3 Å². The number of nitrogens with two attached hydrogens (primary N) is 1. The smallest absolute Gasteiger partial charge is 0.217 e. The zero-order valence-electron chi connectivity index (χ0n) is 8.58. The van der Waals surface area contributed by atoms with Crippen molar-refractivity contribution in [2.75, 3.05) is 0 Å². The van der Waals surface area contributed by atoms with E-state index < -0.39 is 0 Å². The van der Waals surface area contributed by atoms with E-state index in [1.54, 1.807) is 0 Å². The zero-order chi connectivity index (χ0) is 10.6. The zero-order valence-corrected chi connectivity index (χ0v) is 8.58. The fraction of sp³-hybridized carbons (Fsp3) is 0.364. The first kappa shape index (κ1) is 10.7. The van der Waals surface area contributed by atoms with Crippen LogP contribution in [0.5, 0.6) is 0 Å². The molecule has 0 aliphatic heterocycles. The van der Waals surface area contributed by atoms with E-state index in [0.717, 1.165) is 11.1 Å². The van der Waals surface area contributed by atoms with Crippen molar-refractivity contribution >= 4 is 5.91 Å². The molecule has 14 heavy (non-hydrogen) atoms. The van der Waals surface area contributed by atoms with Crippen LogP contribution in [-0.4, -0.2) is 5.91 Å². The molecule has 0 spiro atoms. The van der Waals surface area contributed by atoms with Gasteiger partial charge in [0.2, 0.25) is 5.91 Å². The molecule has 1 aromatic carbocycles. The average Bonchev–Trinajstić information content (AvgIpc) is 2.17. The summed E-state index contributed by atoms with van der Waals surface area (Å²) < 4.78 is 0. The Kier molecular flexibility index (Phi) is 3.65. The minimum Gasteiger partial charge on any atom is -0.350 e. The molecule has 0 fully saturated rings. The van der Waals surface area contributed by atoms with Gasteiger partial charge in [-0.3, -0.25) is 4.79 Å². The number of benzene rings is 1. The number of hydrogen-bond acceptors (Lipinski definition) is 2. The standard InChI is InChI=1S/C11H16N2O/c1-8(13-9(2)14)11-5-3-4-10(6-11)7-12/h3-6,8H,7,12H2,1-2H3,(H,13,14). The maximum Gasteiger partial charge on any atom is 0.217 e. The summed E-state index contributed by atoms with van der Waals surface area (Å²) in [6.07, 6.45) is 0. The van der Waals surface area contributed by atoms with Gasteiger partial charge in [0.05, 0.1) is 6.04 Å². The molecule has 3 nitrogen and oxygen atoms in total. The number of amides is 1. The number of carbonyl (C=O) groups excluding carboxylic acids is 1. The molecule has 1 amide bonds. The van der Waals surface area contributed by atoms with Gasteiger partial charge in [0.25, 0.3) is 0 Å². The molecule has 3 heteroatoms. The van der Waals surface area contributed by atoms with Crippen molar-refractivity contribution < 1.29 is 4.79 Å². The summed E-state index contributed by atoms with van der Waals surface area (Å²) in [5, 5.41) is 2.83. The second-order valence-electron chi connectivity index (χ2n) is 3.37. The minimum atomic E-state index is -0.0179. The van der Waals surface area contributed by atoms with Crippen molar-refractivity contribution in [1.82, 2.24) is 5.32 Å². The van der Waals surface area contributed by atoms with Crippen LogP contribution >= 0.6 is 0 Å². The lowest BCUT2D eigenvalue weighted by atomic mass is 10.1. The van der Waals surface area contributed by atoms with Gasteiger partial charge in [0, 0.05) is 13.5 Å². The number of carbonyl (C=O) groups is 1. The molecular formula is C11H16N2O. The first-order valence-corrected chi connectivity index (χ1v) is 4.69. The second kappa shape index (κ2) is 4.77. The van der Waals surface area contributed by atoms with Crippen LogP contribution in [0.25, 0.3) is 0 Å². The molecule has 0 bridgehead atoms. The van der Waals surface area contributed by atoms with Crippen molar-refractivity contribution in [3.8, 4) is 0 Å². The Bertz CT molecular complexity index is 323. The Morgan fingerprint density at radius 3 is 2.86 bits per heavy atom. The van der Waals surface area contributed by atoms with Crippen molar-refractivity contribution in [2.24, 2.45) is 5.73 Å². The third-order valence-electron chi connectivity index (χ3n) is 2.11. The molecule has 1 unspecified atom stereocenters. The molecule has 0 saturated carbocycles. The summed E-state index contributed by atoms with van der Waals surface area (Å²) >= 11 is 0. The molecule has 0 radical (unpaired) electrons. The number of rotatable bonds is 3. The molecular weight excluding hydrogens is 176 g/mol. The van der Waals surface area contributed by atoms with Gasteiger partial charge in [-0.2, -0.15) is 0 Å². The van der Waals surface area contributed by atoms with E-state index in [4.69, 9.17) is 5.73 Å². The van der Waals surface area contributed by atoms with Gasteiger partial charge in [0.1, 0.15) is 0 Å². The maximum atomic E-state index is 10.8. The SMILES string of the molecule is CC(=O)NC(C)c1cccc(CN)c1. The van der Waals surface area contributed by atoms with E-state index in [1.807, 2.05) is 31.2 Å². The van der Waals surface area contributed by atoms with E-state index in [0.29, 0.717) is 6.54 Å². The Morgan fingerprint density at radius 1 is 1.57 bits per heavy atom. The molecule has 0 saturated heterocycles. The van der Waals surface area contributed by atoms with Gasteiger partial charge < -0.3 is 11.1 Å². The third kappa shape index (κ3) is 2.85. The molecule has 1 aromatic rings. The van der Waals surface area contributed by atoms with E-state index in [-0.39, 0.29) is 11.9 Å². The summed E-state index contributed by atoms with van der Waals surface area (Å²) in [6, 6.07) is 7.97. The Balaban J connectivity index is 2.78. The van der Waals surface area contributed by atoms with Crippen LogP contribution < -0.4 is 11.1 Å². The first-order chi connectivity index (χ1) is 6.63. The molecule has 0 aromatic heterocycles. The van der Waals surface area contributed by atoms with Gasteiger partial charge in [-0.15, -0.1) is 0 Å². The lowest BCUT2D eigenvalue weighted by molar-refractivity contribution is -0.119. The molecule has 3 N–H and O–H groups in total. The van der Waals surface area contributed by atoms with E-state index in [1.165, 1.54) is 6.92 Å². The molecule has 76 valence electrons. The van der Waals surface area contributed by atoms with Gasteiger partial charge in [-0.1, -0.05) is 24.3 Å². The molecule has 0 aliphatic carbocycles. The Hall–Kier alpha value is -1.35. The van der Waals surface area contributed by atoms with Crippen LogP contribution in [0.15, 0.2) is 24.3 Å². The summed E-state index contributed by atoms with van der Waals surface area (Å²) in [5.41, 5.74) is 7.70. The van der Waals surface area contributed by atoms with Crippen molar-refractivity contribution in [3.05, 3.63) is 35.4 Å². The van der Waals surface area contributed by atoms with E-state index >= 15 is 0 Å². The summed E-state index contributed by atoms with van der Waals surface area (Å²) in [5.74, 6) is -0.0179. The van der Waals surface area contributed by atoms with Crippen LogP contribution in [0.3, 0.4) is 0 Å². The van der Waals surface area contributed by atoms with Crippen LogP contribution in [0, 0.1) is 0 Å². The third-order valence-corrected chi connectivity index (χ3v) is 2.11. The molecule has 1 atom stereocenters. The van der Waals surface area contributed by atoms with Crippen LogP contribution in [0.2, 0.25) is 0 Å². The molecule has 0 aliphatic rings. The summed E-state index contributed by atoms with van der Waals surface area (Å²) in [4.78, 5) is 10.8. The maximum absolute atomic E-state index is 10.8. The highest BCUT2D eigenvalue weighted by Crippen LogP contribution is 2.13. The predicted octanol–water partition coefficient (Wildman–Crippen LogP) is 1.34. The summed E-state index contributed by atoms with van der Waals surface area (Å²) in [7, 11) is 0. The highest BCUT2D eigenvalue weighted by molar-refractivity contribution is 5.73. The van der Waals surface area contributed by atoms with E-state index in [9.17, 15) is 4.79 Å². The predicted molar refractivity (Wildman–Crippen MR) is 56.6 cm³/mol.